The first-order chi connectivity index (χ1) is 15.4. The van der Waals surface area contributed by atoms with Crippen molar-refractivity contribution in [3.05, 3.63) is 93.4 Å². The SMILES string of the molecule is O=[N+]([O-])c1ccc2c(c1)-c1nc(NS(=O)(=O)c3ccc(-c4ccccc4)cc3)sc1CC2. The number of nitrogens with zero attached hydrogens (tertiary/aromatic N) is 2. The smallest absolute Gasteiger partial charge is 0.258 e. The van der Waals surface area contributed by atoms with Crippen LogP contribution in [0.3, 0.4) is 0 Å². The van der Waals surface area contributed by atoms with Crippen LogP contribution in [0, 0.1) is 10.1 Å². The predicted octanol–water partition coefficient (Wildman–Crippen LogP) is 5.28. The standard InChI is InChI=1S/C23H17N3O4S2/c27-26(28)18-10-6-17-9-13-21-22(20(17)14-18)24-23(31-21)25-32(29,30)19-11-7-16(8-12-19)15-4-2-1-3-5-15/h1-8,10-12,14H,9,13H2,(H,24,25). The Morgan fingerprint density at radius 1 is 0.938 bits per heavy atom. The molecule has 0 fully saturated rings. The number of nitrogens with one attached hydrogen (secondary N) is 1. The molecular weight excluding hydrogens is 446 g/mol. The summed E-state index contributed by atoms with van der Waals surface area (Å²) in [4.78, 5) is 16.2. The lowest BCUT2D eigenvalue weighted by molar-refractivity contribution is -0.384. The van der Waals surface area contributed by atoms with Crippen LogP contribution in [0.4, 0.5) is 10.8 Å². The average Bonchev–Trinajstić information content (AvgIpc) is 3.21. The van der Waals surface area contributed by atoms with E-state index in [-0.39, 0.29) is 15.7 Å². The van der Waals surface area contributed by atoms with Gasteiger partial charge in [0.05, 0.1) is 15.5 Å². The van der Waals surface area contributed by atoms with Crippen LogP contribution in [0.2, 0.25) is 0 Å². The van der Waals surface area contributed by atoms with Crippen LogP contribution in [0.5, 0.6) is 0 Å². The van der Waals surface area contributed by atoms with Crippen LogP contribution >= 0.6 is 11.3 Å². The molecule has 0 bridgehead atoms. The van der Waals surface area contributed by atoms with E-state index in [9.17, 15) is 18.5 Å². The van der Waals surface area contributed by atoms with Gasteiger partial charge >= 0.3 is 0 Å². The van der Waals surface area contributed by atoms with E-state index in [4.69, 9.17) is 0 Å². The third-order valence-corrected chi connectivity index (χ3v) is 7.89. The fourth-order valence-electron chi connectivity index (χ4n) is 3.77. The number of hydrogen-bond acceptors (Lipinski definition) is 6. The molecule has 32 heavy (non-hydrogen) atoms. The minimum atomic E-state index is -3.82. The minimum Gasteiger partial charge on any atom is -0.258 e. The highest BCUT2D eigenvalue weighted by Gasteiger charge is 2.25. The highest BCUT2D eigenvalue weighted by molar-refractivity contribution is 7.93. The minimum absolute atomic E-state index is 0.00904. The Hall–Kier alpha value is -3.56. The van der Waals surface area contributed by atoms with E-state index < -0.39 is 14.9 Å². The summed E-state index contributed by atoms with van der Waals surface area (Å²) in [5.41, 5.74) is 4.19. The quantitative estimate of drug-likeness (QED) is 0.320. The maximum atomic E-state index is 12.9. The van der Waals surface area contributed by atoms with E-state index in [1.165, 1.54) is 23.5 Å². The largest absolute Gasteiger partial charge is 0.270 e. The number of aromatic nitrogens is 1. The number of hydrogen-bond donors (Lipinski definition) is 1. The van der Waals surface area contributed by atoms with E-state index in [1.807, 2.05) is 30.3 Å². The van der Waals surface area contributed by atoms with Gasteiger partial charge in [-0.2, -0.15) is 0 Å². The van der Waals surface area contributed by atoms with Crippen molar-refractivity contribution >= 4 is 32.2 Å². The van der Waals surface area contributed by atoms with Crippen molar-refractivity contribution in [2.45, 2.75) is 17.7 Å². The van der Waals surface area contributed by atoms with E-state index in [2.05, 4.69) is 9.71 Å². The Kier molecular flexibility index (Phi) is 4.99. The second-order valence-corrected chi connectivity index (χ2v) is 10.2. The molecule has 9 heteroatoms. The highest BCUT2D eigenvalue weighted by Crippen LogP contribution is 2.40. The van der Waals surface area contributed by atoms with Crippen LogP contribution in [0.1, 0.15) is 10.4 Å². The average molecular weight is 464 g/mol. The van der Waals surface area contributed by atoms with Crippen molar-refractivity contribution in [3.8, 4) is 22.4 Å². The summed E-state index contributed by atoms with van der Waals surface area (Å²) >= 11 is 1.26. The lowest BCUT2D eigenvalue weighted by atomic mass is 9.93. The first kappa shape index (κ1) is 20.3. The van der Waals surface area contributed by atoms with Crippen LogP contribution in [-0.4, -0.2) is 18.3 Å². The van der Waals surface area contributed by atoms with E-state index in [1.54, 1.807) is 30.3 Å². The molecule has 1 aromatic heterocycles. The van der Waals surface area contributed by atoms with Crippen molar-refractivity contribution in [1.82, 2.24) is 4.98 Å². The molecule has 160 valence electrons. The van der Waals surface area contributed by atoms with Crippen molar-refractivity contribution in [1.29, 1.82) is 0 Å². The van der Waals surface area contributed by atoms with E-state index in [0.29, 0.717) is 17.7 Å². The van der Waals surface area contributed by atoms with Gasteiger partial charge in [-0.3, -0.25) is 14.8 Å². The molecule has 4 aromatic rings. The Morgan fingerprint density at radius 3 is 2.38 bits per heavy atom. The number of sulfonamides is 1. The fraction of sp³-hybridized carbons (Fsp3) is 0.0870. The summed E-state index contributed by atoms with van der Waals surface area (Å²) in [5.74, 6) is 0. The highest BCUT2D eigenvalue weighted by atomic mass is 32.2. The van der Waals surface area contributed by atoms with Crippen molar-refractivity contribution < 1.29 is 13.3 Å². The molecule has 5 rings (SSSR count). The number of non-ortho nitro benzene ring substituents is 1. The first-order valence-corrected chi connectivity index (χ1v) is 12.2. The number of rotatable bonds is 5. The molecule has 0 radical (unpaired) electrons. The summed E-state index contributed by atoms with van der Waals surface area (Å²) in [5, 5.41) is 11.4. The van der Waals surface area contributed by atoms with Gasteiger partial charge in [-0.05, 0) is 41.7 Å². The molecule has 0 atom stereocenters. The molecule has 0 saturated carbocycles. The molecular formula is C23H17N3O4S2. The first-order valence-electron chi connectivity index (χ1n) is 9.86. The molecule has 0 spiro atoms. The van der Waals surface area contributed by atoms with Gasteiger partial charge in [-0.25, -0.2) is 13.4 Å². The van der Waals surface area contributed by atoms with Gasteiger partial charge in [0.2, 0.25) is 0 Å². The lowest BCUT2D eigenvalue weighted by Gasteiger charge is -2.14. The van der Waals surface area contributed by atoms with Crippen molar-refractivity contribution in [3.63, 3.8) is 0 Å². The monoisotopic (exact) mass is 463 g/mol. The van der Waals surface area contributed by atoms with Gasteiger partial charge in [0.25, 0.3) is 15.7 Å². The van der Waals surface area contributed by atoms with Crippen molar-refractivity contribution in [2.75, 3.05) is 4.72 Å². The summed E-state index contributed by atoms with van der Waals surface area (Å²) in [7, 11) is -3.82. The number of thiazole rings is 1. The Bertz CT molecular complexity index is 1430. The number of nitro groups is 1. The van der Waals surface area contributed by atoms with Crippen LogP contribution in [0.25, 0.3) is 22.4 Å². The summed E-state index contributed by atoms with van der Waals surface area (Å²) in [6, 6.07) is 21.1. The van der Waals surface area contributed by atoms with Gasteiger partial charge in [0.15, 0.2) is 5.13 Å². The summed E-state index contributed by atoms with van der Waals surface area (Å²) in [6.45, 7) is 0. The molecule has 0 amide bonds. The normalized spacial score (nSPS) is 12.6. The molecule has 7 nitrogen and oxygen atoms in total. The Balaban J connectivity index is 1.43. The van der Waals surface area contributed by atoms with Gasteiger partial charge in [-0.1, -0.05) is 48.5 Å². The maximum absolute atomic E-state index is 12.9. The molecule has 0 unspecified atom stereocenters. The number of aryl methyl sites for hydroxylation is 2. The second kappa shape index (κ2) is 7.85. The van der Waals surface area contributed by atoms with Gasteiger partial charge in [-0.15, -0.1) is 11.3 Å². The van der Waals surface area contributed by atoms with Gasteiger partial charge in [0.1, 0.15) is 0 Å². The predicted molar refractivity (Wildman–Crippen MR) is 124 cm³/mol. The number of nitro benzene ring substituents is 1. The second-order valence-electron chi connectivity index (χ2n) is 7.39. The molecule has 0 saturated heterocycles. The van der Waals surface area contributed by atoms with E-state index >= 15 is 0 Å². The third kappa shape index (κ3) is 3.76. The molecule has 1 N–H and O–H groups in total. The maximum Gasteiger partial charge on any atom is 0.270 e. The van der Waals surface area contributed by atoms with Gasteiger partial charge in [0, 0.05) is 22.6 Å². The molecule has 0 aliphatic heterocycles. The number of benzene rings is 3. The zero-order valence-electron chi connectivity index (χ0n) is 16.7. The summed E-state index contributed by atoms with van der Waals surface area (Å²) in [6.07, 6.45) is 1.45. The topological polar surface area (TPSA) is 102 Å². The Labute approximate surface area is 188 Å². The molecule has 3 aromatic carbocycles. The number of fused-ring (bicyclic) bond motifs is 3. The van der Waals surface area contributed by atoms with Crippen LogP contribution < -0.4 is 4.72 Å². The zero-order chi connectivity index (χ0) is 22.3. The lowest BCUT2D eigenvalue weighted by Crippen LogP contribution is -2.12. The molecule has 1 aliphatic carbocycles. The zero-order valence-corrected chi connectivity index (χ0v) is 18.3. The molecule has 1 heterocycles. The van der Waals surface area contributed by atoms with Crippen LogP contribution in [0.15, 0.2) is 77.7 Å². The third-order valence-electron chi connectivity index (χ3n) is 5.37. The van der Waals surface area contributed by atoms with Crippen molar-refractivity contribution in [2.24, 2.45) is 0 Å². The number of anilines is 1. The van der Waals surface area contributed by atoms with Gasteiger partial charge < -0.3 is 0 Å². The fourth-order valence-corrected chi connectivity index (χ4v) is 5.98. The van der Waals surface area contributed by atoms with Crippen LogP contribution in [-0.2, 0) is 22.9 Å². The Morgan fingerprint density at radius 2 is 1.66 bits per heavy atom. The van der Waals surface area contributed by atoms with E-state index in [0.717, 1.165) is 28.0 Å². The summed E-state index contributed by atoms with van der Waals surface area (Å²) < 4.78 is 28.4. The molecule has 1 aliphatic rings.